The molecule has 1 heterocycles. The lowest BCUT2D eigenvalue weighted by atomic mass is 9.93. The van der Waals surface area contributed by atoms with Gasteiger partial charge in [0.25, 0.3) is 0 Å². The van der Waals surface area contributed by atoms with Gasteiger partial charge in [-0.15, -0.1) is 5.10 Å². The molecule has 84 valence electrons. The van der Waals surface area contributed by atoms with Crippen LogP contribution in [-0.4, -0.2) is 28.1 Å². The average molecular weight is 323 g/mol. The summed E-state index contributed by atoms with van der Waals surface area (Å²) in [6.07, 6.45) is 0. The molecule has 0 saturated carbocycles. The number of nitrogens with zero attached hydrogens (tertiary/aromatic N) is 3. The zero-order chi connectivity index (χ0) is 11.6. The molecule has 0 aliphatic rings. The van der Waals surface area contributed by atoms with Crippen molar-refractivity contribution in [2.24, 2.45) is 13.0 Å². The van der Waals surface area contributed by atoms with Crippen molar-refractivity contribution < 1.29 is 9.53 Å². The highest BCUT2D eigenvalue weighted by Crippen LogP contribution is 2.26. The fourth-order valence-corrected chi connectivity index (χ4v) is 1.96. The molecule has 0 bridgehead atoms. The molecule has 2 unspecified atom stereocenters. The van der Waals surface area contributed by atoms with Crippen LogP contribution in [0.2, 0.25) is 0 Å². The van der Waals surface area contributed by atoms with Gasteiger partial charge in [-0.05, 0) is 22.6 Å². The Hall–Kier alpha value is -0.660. The van der Waals surface area contributed by atoms with Crippen LogP contribution in [0.1, 0.15) is 25.5 Å². The number of aryl methyl sites for hydroxylation is 1. The van der Waals surface area contributed by atoms with Crippen molar-refractivity contribution in [2.45, 2.75) is 19.8 Å². The number of hydrogen-bond donors (Lipinski definition) is 0. The first-order valence-electron chi connectivity index (χ1n) is 4.62. The van der Waals surface area contributed by atoms with E-state index in [-0.39, 0.29) is 17.8 Å². The first kappa shape index (κ1) is 12.4. The summed E-state index contributed by atoms with van der Waals surface area (Å²) < 4.78 is 7.35. The molecule has 0 aromatic carbocycles. The van der Waals surface area contributed by atoms with Crippen LogP contribution in [0.15, 0.2) is 0 Å². The Morgan fingerprint density at radius 1 is 1.53 bits per heavy atom. The van der Waals surface area contributed by atoms with Gasteiger partial charge in [-0.2, -0.15) is 0 Å². The molecule has 1 rings (SSSR count). The normalized spacial score (nSPS) is 14.7. The number of carbonyl (C=O) groups excluding carboxylic acids is 1. The molecule has 1 aromatic heterocycles. The van der Waals surface area contributed by atoms with E-state index in [9.17, 15) is 4.79 Å². The third-order valence-electron chi connectivity index (χ3n) is 2.54. The fourth-order valence-electron chi connectivity index (χ4n) is 1.27. The van der Waals surface area contributed by atoms with Crippen molar-refractivity contribution in [2.75, 3.05) is 7.11 Å². The Morgan fingerprint density at radius 2 is 2.13 bits per heavy atom. The molecule has 0 amide bonds. The lowest BCUT2D eigenvalue weighted by Gasteiger charge is -2.15. The van der Waals surface area contributed by atoms with E-state index in [2.05, 4.69) is 32.9 Å². The quantitative estimate of drug-likeness (QED) is 0.622. The van der Waals surface area contributed by atoms with Gasteiger partial charge in [0.2, 0.25) is 0 Å². The number of carbonyl (C=O) groups is 1. The minimum Gasteiger partial charge on any atom is -0.469 e. The molecule has 2 atom stereocenters. The zero-order valence-corrected chi connectivity index (χ0v) is 11.3. The van der Waals surface area contributed by atoms with E-state index in [1.165, 1.54) is 7.11 Å². The predicted octanol–water partition coefficient (Wildman–Crippen LogP) is 1.33. The number of halogens is 1. The van der Waals surface area contributed by atoms with Crippen LogP contribution in [0.5, 0.6) is 0 Å². The van der Waals surface area contributed by atoms with Gasteiger partial charge in [-0.25, -0.2) is 4.68 Å². The monoisotopic (exact) mass is 323 g/mol. The van der Waals surface area contributed by atoms with Gasteiger partial charge in [-0.1, -0.05) is 19.1 Å². The first-order valence-corrected chi connectivity index (χ1v) is 5.69. The van der Waals surface area contributed by atoms with E-state index >= 15 is 0 Å². The summed E-state index contributed by atoms with van der Waals surface area (Å²) in [6.45, 7) is 3.79. The second-order valence-corrected chi connectivity index (χ2v) is 4.51. The van der Waals surface area contributed by atoms with Gasteiger partial charge in [-0.3, -0.25) is 4.79 Å². The van der Waals surface area contributed by atoms with E-state index < -0.39 is 0 Å². The van der Waals surface area contributed by atoms with Gasteiger partial charge in [0.15, 0.2) is 0 Å². The number of esters is 1. The topological polar surface area (TPSA) is 57.0 Å². The number of rotatable bonds is 3. The highest BCUT2D eigenvalue weighted by Gasteiger charge is 2.26. The summed E-state index contributed by atoms with van der Waals surface area (Å²) in [5.74, 6) is -0.415. The van der Waals surface area contributed by atoms with Crippen LogP contribution in [0, 0.1) is 9.62 Å². The van der Waals surface area contributed by atoms with E-state index in [1.54, 1.807) is 4.68 Å². The molecule has 0 aliphatic carbocycles. The molecule has 0 N–H and O–H groups in total. The molecule has 0 aliphatic heterocycles. The number of hydrogen-bond acceptors (Lipinski definition) is 4. The molecule has 5 nitrogen and oxygen atoms in total. The Bertz CT molecular complexity index is 364. The molecule has 0 radical (unpaired) electrons. The van der Waals surface area contributed by atoms with Gasteiger partial charge in [0.1, 0.15) is 3.70 Å². The maximum Gasteiger partial charge on any atom is 0.309 e. The van der Waals surface area contributed by atoms with Crippen LogP contribution in [0.3, 0.4) is 0 Å². The summed E-state index contributed by atoms with van der Waals surface area (Å²) in [5.41, 5.74) is 0.844. The third-order valence-corrected chi connectivity index (χ3v) is 3.79. The van der Waals surface area contributed by atoms with Crippen molar-refractivity contribution in [3.63, 3.8) is 0 Å². The summed E-state index contributed by atoms with van der Waals surface area (Å²) in [7, 11) is 3.22. The minimum atomic E-state index is -0.219. The van der Waals surface area contributed by atoms with Crippen molar-refractivity contribution in [3.8, 4) is 0 Å². The molecule has 6 heteroatoms. The number of ether oxygens (including phenoxy) is 1. The van der Waals surface area contributed by atoms with Crippen LogP contribution in [0.4, 0.5) is 0 Å². The van der Waals surface area contributed by atoms with Gasteiger partial charge in [0.05, 0.1) is 18.7 Å². The molecule has 0 spiro atoms. The van der Waals surface area contributed by atoms with Crippen LogP contribution in [-0.2, 0) is 16.6 Å². The van der Waals surface area contributed by atoms with Crippen LogP contribution >= 0.6 is 22.6 Å². The highest BCUT2D eigenvalue weighted by molar-refractivity contribution is 14.1. The van der Waals surface area contributed by atoms with Gasteiger partial charge >= 0.3 is 5.97 Å². The van der Waals surface area contributed by atoms with Gasteiger partial charge in [0, 0.05) is 13.0 Å². The largest absolute Gasteiger partial charge is 0.469 e. The van der Waals surface area contributed by atoms with Crippen molar-refractivity contribution in [1.82, 2.24) is 15.0 Å². The Balaban J connectivity index is 2.89. The van der Waals surface area contributed by atoms with E-state index in [0.717, 1.165) is 9.39 Å². The molecule has 15 heavy (non-hydrogen) atoms. The molecular weight excluding hydrogens is 309 g/mol. The van der Waals surface area contributed by atoms with Gasteiger partial charge < -0.3 is 4.74 Å². The molecule has 0 saturated heterocycles. The summed E-state index contributed by atoms with van der Waals surface area (Å²) in [4.78, 5) is 11.4. The average Bonchev–Trinajstić information content (AvgIpc) is 2.56. The predicted molar refractivity (Wildman–Crippen MR) is 63.3 cm³/mol. The van der Waals surface area contributed by atoms with Crippen molar-refractivity contribution in [1.29, 1.82) is 0 Å². The molecular formula is C9H14IN3O2. The van der Waals surface area contributed by atoms with E-state index in [4.69, 9.17) is 4.74 Å². The summed E-state index contributed by atoms with van der Waals surface area (Å²) in [5, 5.41) is 7.96. The Labute approximate surface area is 102 Å². The Kier molecular flexibility index (Phi) is 4.06. The van der Waals surface area contributed by atoms with Crippen molar-refractivity contribution >= 4 is 28.6 Å². The third kappa shape index (κ3) is 2.47. The lowest BCUT2D eigenvalue weighted by Crippen LogP contribution is -2.19. The smallest absolute Gasteiger partial charge is 0.309 e. The van der Waals surface area contributed by atoms with Crippen molar-refractivity contribution in [3.05, 3.63) is 9.39 Å². The summed E-state index contributed by atoms with van der Waals surface area (Å²) in [6, 6.07) is 0. The van der Waals surface area contributed by atoms with Crippen LogP contribution in [0.25, 0.3) is 0 Å². The number of methoxy groups -OCH3 is 1. The summed E-state index contributed by atoms with van der Waals surface area (Å²) >= 11 is 2.17. The minimum absolute atomic E-state index is 0.0121. The van der Waals surface area contributed by atoms with E-state index in [0.29, 0.717) is 0 Å². The molecule has 0 fully saturated rings. The Morgan fingerprint density at radius 3 is 2.53 bits per heavy atom. The highest BCUT2D eigenvalue weighted by atomic mass is 127. The van der Waals surface area contributed by atoms with Crippen LogP contribution < -0.4 is 0 Å². The maximum atomic E-state index is 11.4. The fraction of sp³-hybridized carbons (Fsp3) is 0.667. The number of aromatic nitrogens is 3. The second-order valence-electron chi connectivity index (χ2n) is 3.49. The lowest BCUT2D eigenvalue weighted by molar-refractivity contribution is -0.145. The second kappa shape index (κ2) is 4.91. The molecule has 1 aromatic rings. The standard InChI is InChI=1S/C9H14IN3O2/c1-5(6(2)9(14)15-4)7-8(10)13(3)12-11-7/h5-6H,1-4H3. The SMILES string of the molecule is COC(=O)C(C)C(C)c1nnn(C)c1I. The zero-order valence-electron chi connectivity index (χ0n) is 9.19. The maximum absolute atomic E-state index is 11.4. The first-order chi connectivity index (χ1) is 6.99. The van der Waals surface area contributed by atoms with E-state index in [1.807, 2.05) is 20.9 Å².